The third-order valence-corrected chi connectivity index (χ3v) is 2.03. The van der Waals surface area contributed by atoms with Crippen molar-refractivity contribution in [1.82, 2.24) is 4.98 Å². The number of nitrogens with zero attached hydrogens (tertiary/aromatic N) is 1. The van der Waals surface area contributed by atoms with Crippen LogP contribution >= 0.6 is 0 Å². The fourth-order valence-corrected chi connectivity index (χ4v) is 1.16. The van der Waals surface area contributed by atoms with E-state index in [9.17, 15) is 9.59 Å². The maximum Gasteiger partial charge on any atom is 0.341 e. The van der Waals surface area contributed by atoms with E-state index in [2.05, 4.69) is 10.3 Å². The molecule has 6 nitrogen and oxygen atoms in total. The first-order valence-electron chi connectivity index (χ1n) is 5.17. The number of esters is 1. The number of anilines is 1. The number of hydrogen-bond acceptors (Lipinski definition) is 5. The topological polar surface area (TPSA) is 88.5 Å². The van der Waals surface area contributed by atoms with Crippen molar-refractivity contribution < 1.29 is 19.4 Å². The Labute approximate surface area is 98.6 Å². The fourth-order valence-electron chi connectivity index (χ4n) is 1.16. The van der Waals surface area contributed by atoms with E-state index in [0.29, 0.717) is 0 Å². The predicted octanol–water partition coefficient (Wildman–Crippen LogP) is 1.14. The van der Waals surface area contributed by atoms with Crippen LogP contribution in [0.2, 0.25) is 0 Å². The molecule has 0 aliphatic heterocycles. The van der Waals surface area contributed by atoms with Gasteiger partial charge in [0.15, 0.2) is 0 Å². The number of carboxylic acids is 1. The van der Waals surface area contributed by atoms with Crippen molar-refractivity contribution in [3.8, 4) is 0 Å². The fraction of sp³-hybridized carbons (Fsp3) is 0.364. The van der Waals surface area contributed by atoms with Crippen LogP contribution in [0.15, 0.2) is 18.3 Å². The molecule has 1 heterocycles. The third-order valence-electron chi connectivity index (χ3n) is 2.03. The van der Waals surface area contributed by atoms with Crippen LogP contribution in [0.1, 0.15) is 24.2 Å². The van der Waals surface area contributed by atoms with Gasteiger partial charge in [-0.15, -0.1) is 0 Å². The van der Waals surface area contributed by atoms with E-state index in [-0.39, 0.29) is 18.0 Å². The summed E-state index contributed by atoms with van der Waals surface area (Å²) in [7, 11) is 0. The van der Waals surface area contributed by atoms with E-state index in [0.717, 1.165) is 0 Å². The molecule has 0 spiro atoms. The lowest BCUT2D eigenvalue weighted by atomic mass is 10.2. The van der Waals surface area contributed by atoms with Gasteiger partial charge in [0.2, 0.25) is 0 Å². The number of nitrogens with one attached hydrogen (secondary N) is 1. The monoisotopic (exact) mass is 238 g/mol. The quantitative estimate of drug-likeness (QED) is 0.748. The van der Waals surface area contributed by atoms with Gasteiger partial charge in [-0.1, -0.05) is 0 Å². The summed E-state index contributed by atoms with van der Waals surface area (Å²) in [6.07, 6.45) is 1.47. The zero-order valence-electron chi connectivity index (χ0n) is 9.64. The number of aromatic nitrogens is 1. The number of carbonyl (C=O) groups is 2. The Bertz CT molecular complexity index is 420. The molecule has 0 saturated carbocycles. The zero-order valence-corrected chi connectivity index (χ0v) is 9.64. The van der Waals surface area contributed by atoms with Crippen LogP contribution in [0, 0.1) is 0 Å². The molecule has 17 heavy (non-hydrogen) atoms. The summed E-state index contributed by atoms with van der Waals surface area (Å²) in [4.78, 5) is 26.2. The molecule has 0 aliphatic rings. The normalized spacial score (nSPS) is 11.6. The van der Waals surface area contributed by atoms with Crippen molar-refractivity contribution in [3.63, 3.8) is 0 Å². The Kier molecular flexibility index (Phi) is 4.45. The number of carboxylic acid groups (broad SMARTS) is 1. The summed E-state index contributed by atoms with van der Waals surface area (Å²) in [5.74, 6) is -1.34. The number of aliphatic carboxylic acids is 1. The molecule has 92 valence electrons. The van der Waals surface area contributed by atoms with Gasteiger partial charge in [-0.25, -0.2) is 9.78 Å². The van der Waals surface area contributed by atoms with Crippen LogP contribution in [0.5, 0.6) is 0 Å². The van der Waals surface area contributed by atoms with E-state index in [1.807, 2.05) is 0 Å². The van der Waals surface area contributed by atoms with Gasteiger partial charge in [0.05, 0.1) is 6.61 Å². The van der Waals surface area contributed by atoms with E-state index >= 15 is 0 Å². The van der Waals surface area contributed by atoms with Crippen molar-refractivity contribution in [2.24, 2.45) is 0 Å². The summed E-state index contributed by atoms with van der Waals surface area (Å²) in [5.41, 5.74) is 0.224. The number of ether oxygens (including phenoxy) is 1. The van der Waals surface area contributed by atoms with Gasteiger partial charge < -0.3 is 15.2 Å². The maximum absolute atomic E-state index is 11.6. The summed E-state index contributed by atoms with van der Waals surface area (Å²) in [6, 6.07) is 2.28. The molecule has 0 amide bonds. The van der Waals surface area contributed by atoms with Gasteiger partial charge in [-0.05, 0) is 26.0 Å². The Morgan fingerprint density at radius 3 is 2.88 bits per heavy atom. The summed E-state index contributed by atoms with van der Waals surface area (Å²) < 4.78 is 4.84. The van der Waals surface area contributed by atoms with Gasteiger partial charge in [-0.3, -0.25) is 4.79 Å². The zero-order chi connectivity index (χ0) is 12.8. The van der Waals surface area contributed by atoms with Crippen LogP contribution < -0.4 is 5.32 Å². The summed E-state index contributed by atoms with van der Waals surface area (Å²) >= 11 is 0. The highest BCUT2D eigenvalue weighted by molar-refractivity contribution is 5.95. The molecule has 0 aromatic carbocycles. The maximum atomic E-state index is 11.6. The highest BCUT2D eigenvalue weighted by atomic mass is 16.5. The van der Waals surface area contributed by atoms with Crippen LogP contribution in [-0.2, 0) is 9.53 Å². The minimum absolute atomic E-state index is 0.209. The van der Waals surface area contributed by atoms with Crippen molar-refractivity contribution >= 4 is 17.8 Å². The molecule has 0 aliphatic carbocycles. The highest BCUT2D eigenvalue weighted by Crippen LogP contribution is 2.14. The van der Waals surface area contributed by atoms with Crippen LogP contribution in [0.4, 0.5) is 5.82 Å². The predicted molar refractivity (Wildman–Crippen MR) is 60.9 cm³/mol. The summed E-state index contributed by atoms with van der Waals surface area (Å²) in [5, 5.41) is 11.4. The van der Waals surface area contributed by atoms with Crippen molar-refractivity contribution in [3.05, 3.63) is 23.9 Å². The molecule has 0 radical (unpaired) electrons. The lowest BCUT2D eigenvalue weighted by molar-refractivity contribution is -0.137. The number of carbonyl (C=O) groups excluding carboxylic acids is 1. The smallest absolute Gasteiger partial charge is 0.341 e. The average molecular weight is 238 g/mol. The number of rotatable bonds is 5. The lowest BCUT2D eigenvalue weighted by Gasteiger charge is -2.12. The van der Waals surface area contributed by atoms with Gasteiger partial charge in [0.1, 0.15) is 17.4 Å². The van der Waals surface area contributed by atoms with Crippen LogP contribution in [-0.4, -0.2) is 34.7 Å². The van der Waals surface area contributed by atoms with Crippen molar-refractivity contribution in [1.29, 1.82) is 0 Å². The average Bonchev–Trinajstić information content (AvgIpc) is 2.29. The van der Waals surface area contributed by atoms with Gasteiger partial charge in [0, 0.05) is 6.20 Å². The molecule has 0 bridgehead atoms. The molecule has 6 heteroatoms. The molecule has 1 atom stereocenters. The van der Waals surface area contributed by atoms with Crippen LogP contribution in [0.3, 0.4) is 0 Å². The van der Waals surface area contributed by atoms with E-state index < -0.39 is 18.0 Å². The van der Waals surface area contributed by atoms with Gasteiger partial charge in [-0.2, -0.15) is 0 Å². The molecule has 0 saturated heterocycles. The largest absolute Gasteiger partial charge is 0.480 e. The Morgan fingerprint density at radius 1 is 1.59 bits per heavy atom. The second-order valence-electron chi connectivity index (χ2n) is 3.32. The molecular weight excluding hydrogens is 224 g/mol. The van der Waals surface area contributed by atoms with E-state index in [1.165, 1.54) is 19.2 Å². The molecule has 2 N–H and O–H groups in total. The molecule has 1 aromatic heterocycles. The number of pyridine rings is 1. The third kappa shape index (κ3) is 3.44. The van der Waals surface area contributed by atoms with Gasteiger partial charge in [0.25, 0.3) is 0 Å². The molecular formula is C11H14N2O4. The summed E-state index contributed by atoms with van der Waals surface area (Å²) in [6.45, 7) is 3.41. The SMILES string of the molecule is CCOC(=O)c1cccnc1NC(C)C(=O)O. The first-order valence-corrected chi connectivity index (χ1v) is 5.17. The van der Waals surface area contributed by atoms with Crippen molar-refractivity contribution in [2.45, 2.75) is 19.9 Å². The molecule has 1 aromatic rings. The second-order valence-corrected chi connectivity index (χ2v) is 3.32. The second kappa shape index (κ2) is 5.83. The van der Waals surface area contributed by atoms with Crippen molar-refractivity contribution in [2.75, 3.05) is 11.9 Å². The lowest BCUT2D eigenvalue weighted by Crippen LogP contribution is -2.27. The number of hydrogen-bond donors (Lipinski definition) is 2. The van der Waals surface area contributed by atoms with E-state index in [1.54, 1.807) is 13.0 Å². The minimum Gasteiger partial charge on any atom is -0.480 e. The van der Waals surface area contributed by atoms with Crippen LogP contribution in [0.25, 0.3) is 0 Å². The van der Waals surface area contributed by atoms with Gasteiger partial charge >= 0.3 is 11.9 Å². The Morgan fingerprint density at radius 2 is 2.29 bits per heavy atom. The van der Waals surface area contributed by atoms with E-state index in [4.69, 9.17) is 9.84 Å². The standard InChI is InChI=1S/C11H14N2O4/c1-3-17-11(16)8-5-4-6-12-9(8)13-7(2)10(14)15/h4-7H,3H2,1-2H3,(H,12,13)(H,14,15). The minimum atomic E-state index is -1.02. The Balaban J connectivity index is 2.91. The first kappa shape index (κ1) is 13.0. The highest BCUT2D eigenvalue weighted by Gasteiger charge is 2.17. The molecule has 1 rings (SSSR count). The molecule has 1 unspecified atom stereocenters. The Hall–Kier alpha value is -2.11. The molecule has 0 fully saturated rings. The first-order chi connectivity index (χ1) is 8.06.